The quantitative estimate of drug-likeness (QED) is 0.231. The molecule has 0 fully saturated rings. The molecule has 0 radical (unpaired) electrons. The zero-order chi connectivity index (χ0) is 27.4. The smallest absolute Gasteiger partial charge is 0.338 e. The van der Waals surface area contributed by atoms with E-state index in [0.717, 1.165) is 17.8 Å². The number of nitro benzene ring substituents is 1. The number of hydrogen-bond donors (Lipinski definition) is 0. The largest absolute Gasteiger partial charge is 0.494 e. The standard InChI is InChI=1S/C28H29N3O6S/c1-5-14-36-21-12-10-19(11-13-21)25-24(27(33)37-16-17(2)3)18(4)29-28-30(25)26(32)23(38-28)15-20-8-6-7-9-22(20)31(34)35/h6-13,15,17,25H,5,14,16H2,1-4H3. The third kappa shape index (κ3) is 5.60. The molecular formula is C28H29N3O6S. The number of benzene rings is 2. The summed E-state index contributed by atoms with van der Waals surface area (Å²) in [4.78, 5) is 43.0. The lowest BCUT2D eigenvalue weighted by atomic mass is 9.96. The molecular weight excluding hydrogens is 506 g/mol. The first-order chi connectivity index (χ1) is 18.2. The summed E-state index contributed by atoms with van der Waals surface area (Å²) in [5, 5.41) is 11.5. The predicted octanol–water partition coefficient (Wildman–Crippen LogP) is 4.13. The molecule has 1 unspecified atom stereocenters. The van der Waals surface area contributed by atoms with Crippen molar-refractivity contribution in [3.63, 3.8) is 0 Å². The fourth-order valence-corrected chi connectivity index (χ4v) is 5.14. The number of fused-ring (bicyclic) bond motifs is 1. The second kappa shape index (κ2) is 11.6. The average molecular weight is 536 g/mol. The lowest BCUT2D eigenvalue weighted by molar-refractivity contribution is -0.385. The molecule has 1 aliphatic heterocycles. The van der Waals surface area contributed by atoms with Crippen molar-refractivity contribution < 1.29 is 19.2 Å². The predicted molar refractivity (Wildman–Crippen MR) is 145 cm³/mol. The molecule has 198 valence electrons. The highest BCUT2D eigenvalue weighted by atomic mass is 32.1. The Morgan fingerprint density at radius 1 is 1.21 bits per heavy atom. The molecule has 3 aromatic rings. The minimum absolute atomic E-state index is 0.105. The molecule has 0 spiro atoms. The Morgan fingerprint density at radius 3 is 2.58 bits per heavy atom. The number of para-hydroxylation sites is 1. The molecule has 1 aromatic heterocycles. The summed E-state index contributed by atoms with van der Waals surface area (Å²) >= 11 is 1.12. The Hall–Kier alpha value is -4.05. The first-order valence-corrected chi connectivity index (χ1v) is 13.2. The van der Waals surface area contributed by atoms with E-state index in [9.17, 15) is 19.7 Å². The fraction of sp³-hybridized carbons (Fsp3) is 0.321. The fourth-order valence-electron chi connectivity index (χ4n) is 4.10. The van der Waals surface area contributed by atoms with Crippen LogP contribution in [0, 0.1) is 16.0 Å². The summed E-state index contributed by atoms with van der Waals surface area (Å²) in [5.41, 5.74) is 1.23. The third-order valence-corrected chi connectivity index (χ3v) is 6.86. The van der Waals surface area contributed by atoms with Gasteiger partial charge in [-0.05, 0) is 49.1 Å². The molecule has 0 aliphatic carbocycles. The highest BCUT2D eigenvalue weighted by molar-refractivity contribution is 7.07. The number of hydrogen-bond acceptors (Lipinski definition) is 8. The SMILES string of the molecule is CCCOc1ccc(C2C(C(=O)OCC(C)C)=C(C)N=c3sc(=Cc4ccccc4[N+](=O)[O-])c(=O)n32)cc1. The maximum atomic E-state index is 13.7. The van der Waals surface area contributed by atoms with Crippen molar-refractivity contribution in [1.82, 2.24) is 4.57 Å². The molecule has 0 N–H and O–H groups in total. The third-order valence-electron chi connectivity index (χ3n) is 5.88. The number of carbonyl (C=O) groups excluding carboxylic acids is 1. The van der Waals surface area contributed by atoms with E-state index >= 15 is 0 Å². The summed E-state index contributed by atoms with van der Waals surface area (Å²) in [5.74, 6) is 0.282. The second-order valence-corrected chi connectivity index (χ2v) is 10.3. The first kappa shape index (κ1) is 27.0. The Kier molecular flexibility index (Phi) is 8.21. The molecule has 1 aliphatic rings. The van der Waals surface area contributed by atoms with Crippen LogP contribution in [0.1, 0.15) is 51.3 Å². The number of nitro groups is 1. The molecule has 0 amide bonds. The van der Waals surface area contributed by atoms with Crippen LogP contribution in [0.15, 0.2) is 69.6 Å². The maximum absolute atomic E-state index is 13.7. The number of allylic oxidation sites excluding steroid dienone is 1. The molecule has 0 bridgehead atoms. The maximum Gasteiger partial charge on any atom is 0.338 e. The van der Waals surface area contributed by atoms with Gasteiger partial charge in [-0.25, -0.2) is 9.79 Å². The topological polar surface area (TPSA) is 113 Å². The van der Waals surface area contributed by atoms with Crippen LogP contribution in [0.2, 0.25) is 0 Å². The van der Waals surface area contributed by atoms with Gasteiger partial charge in [0.05, 0.1) is 45.5 Å². The van der Waals surface area contributed by atoms with Gasteiger partial charge in [-0.1, -0.05) is 56.4 Å². The monoisotopic (exact) mass is 535 g/mol. The van der Waals surface area contributed by atoms with Crippen molar-refractivity contribution in [3.05, 3.63) is 101 Å². The average Bonchev–Trinajstić information content (AvgIpc) is 3.19. The van der Waals surface area contributed by atoms with Gasteiger partial charge in [0, 0.05) is 6.07 Å². The summed E-state index contributed by atoms with van der Waals surface area (Å²) in [6, 6.07) is 12.7. The minimum atomic E-state index is -0.779. The van der Waals surface area contributed by atoms with Gasteiger partial charge in [-0.3, -0.25) is 19.5 Å². The molecule has 0 saturated carbocycles. The van der Waals surface area contributed by atoms with Crippen LogP contribution < -0.4 is 19.6 Å². The molecule has 38 heavy (non-hydrogen) atoms. The van der Waals surface area contributed by atoms with Gasteiger partial charge in [-0.15, -0.1) is 0 Å². The van der Waals surface area contributed by atoms with Crippen LogP contribution in [-0.4, -0.2) is 28.7 Å². The van der Waals surface area contributed by atoms with E-state index in [4.69, 9.17) is 9.47 Å². The van der Waals surface area contributed by atoms with Crippen molar-refractivity contribution >= 4 is 29.1 Å². The second-order valence-electron chi connectivity index (χ2n) is 9.31. The minimum Gasteiger partial charge on any atom is -0.494 e. The zero-order valence-corrected chi connectivity index (χ0v) is 22.5. The number of nitrogens with zero attached hydrogens (tertiary/aromatic N) is 3. The first-order valence-electron chi connectivity index (χ1n) is 12.4. The van der Waals surface area contributed by atoms with E-state index in [1.807, 2.05) is 32.9 Å². The molecule has 4 rings (SSSR count). The molecule has 0 saturated heterocycles. The Balaban J connectivity index is 1.88. The number of ether oxygens (including phenoxy) is 2. The van der Waals surface area contributed by atoms with Gasteiger partial charge >= 0.3 is 5.97 Å². The number of rotatable bonds is 9. The van der Waals surface area contributed by atoms with Gasteiger partial charge < -0.3 is 9.47 Å². The van der Waals surface area contributed by atoms with Crippen molar-refractivity contribution in [2.24, 2.45) is 10.9 Å². The number of aromatic nitrogens is 1. The van der Waals surface area contributed by atoms with Crippen LogP contribution in [0.4, 0.5) is 5.69 Å². The molecule has 2 heterocycles. The highest BCUT2D eigenvalue weighted by Crippen LogP contribution is 2.32. The number of esters is 1. The molecule has 2 aromatic carbocycles. The van der Waals surface area contributed by atoms with Crippen molar-refractivity contribution in [1.29, 1.82) is 0 Å². The summed E-state index contributed by atoms with van der Waals surface area (Å²) in [7, 11) is 0. The number of carbonyl (C=O) groups is 1. The molecule has 10 heteroatoms. The van der Waals surface area contributed by atoms with E-state index in [1.165, 1.54) is 16.7 Å². The Morgan fingerprint density at radius 2 is 1.92 bits per heavy atom. The van der Waals surface area contributed by atoms with Gasteiger partial charge in [0.1, 0.15) is 5.75 Å². The van der Waals surface area contributed by atoms with E-state index in [-0.39, 0.29) is 28.3 Å². The van der Waals surface area contributed by atoms with E-state index in [1.54, 1.807) is 37.3 Å². The van der Waals surface area contributed by atoms with Crippen molar-refractivity contribution in [2.45, 2.75) is 40.2 Å². The normalized spacial score (nSPS) is 15.3. The van der Waals surface area contributed by atoms with Crippen molar-refractivity contribution in [2.75, 3.05) is 13.2 Å². The lowest BCUT2D eigenvalue weighted by Crippen LogP contribution is -2.40. The van der Waals surface area contributed by atoms with Gasteiger partial charge in [0.15, 0.2) is 4.80 Å². The highest BCUT2D eigenvalue weighted by Gasteiger charge is 2.33. The van der Waals surface area contributed by atoms with Gasteiger partial charge in [0.25, 0.3) is 11.2 Å². The van der Waals surface area contributed by atoms with E-state index in [0.29, 0.717) is 34.0 Å². The van der Waals surface area contributed by atoms with Gasteiger partial charge in [0.2, 0.25) is 0 Å². The van der Waals surface area contributed by atoms with Gasteiger partial charge in [-0.2, -0.15) is 0 Å². The van der Waals surface area contributed by atoms with E-state index in [2.05, 4.69) is 4.99 Å². The van der Waals surface area contributed by atoms with Crippen molar-refractivity contribution in [3.8, 4) is 5.75 Å². The van der Waals surface area contributed by atoms with E-state index < -0.39 is 22.5 Å². The van der Waals surface area contributed by atoms with Crippen LogP contribution in [0.5, 0.6) is 5.75 Å². The summed E-state index contributed by atoms with van der Waals surface area (Å²) in [6.07, 6.45) is 2.36. The Labute approximate surface area is 223 Å². The summed E-state index contributed by atoms with van der Waals surface area (Å²) < 4.78 is 13.0. The van der Waals surface area contributed by atoms with Crippen LogP contribution in [0.3, 0.4) is 0 Å². The van der Waals surface area contributed by atoms with Crippen LogP contribution >= 0.6 is 11.3 Å². The van der Waals surface area contributed by atoms with Crippen LogP contribution in [-0.2, 0) is 9.53 Å². The number of thiazole rings is 1. The summed E-state index contributed by atoms with van der Waals surface area (Å²) in [6.45, 7) is 8.43. The van der Waals surface area contributed by atoms with Crippen LogP contribution in [0.25, 0.3) is 6.08 Å². The molecule has 9 nitrogen and oxygen atoms in total. The molecule has 1 atom stereocenters. The Bertz CT molecular complexity index is 1570. The zero-order valence-electron chi connectivity index (χ0n) is 21.7. The lowest BCUT2D eigenvalue weighted by Gasteiger charge is -2.25.